The van der Waals surface area contributed by atoms with Crippen molar-refractivity contribution in [2.45, 2.75) is 268 Å². The molecule has 0 radical (unpaired) electrons. The molecule has 0 aromatic heterocycles. The van der Waals surface area contributed by atoms with Gasteiger partial charge in [-0.25, -0.2) is 14.4 Å². The molecule has 2 heterocycles. The first-order chi connectivity index (χ1) is 43.3. The Labute approximate surface area is 528 Å². The highest BCUT2D eigenvalue weighted by Crippen LogP contribution is 2.38. The fourth-order valence-electron chi connectivity index (χ4n) is 11.6. The van der Waals surface area contributed by atoms with Crippen LogP contribution in [0.1, 0.15) is 262 Å². The van der Waals surface area contributed by atoms with E-state index in [0.29, 0.717) is 5.56 Å². The number of carbonyl (C=O) groups is 4. The van der Waals surface area contributed by atoms with E-state index in [-0.39, 0.29) is 24.3 Å². The molecule has 2 aliphatic rings. The van der Waals surface area contributed by atoms with Gasteiger partial charge in [-0.05, 0) is 74.2 Å². The fraction of sp³-hybridized carbons (Fsp3) is 0.579. The number of rotatable bonds is 46. The minimum absolute atomic E-state index is 0.00634. The number of allylic oxidation sites excluding steroid dienone is 2. The minimum atomic E-state index is -1.41. The number of nitrogens with one attached hydrogen (secondary N) is 1. The highest BCUT2D eigenvalue weighted by atomic mass is 16.8. The van der Waals surface area contributed by atoms with Gasteiger partial charge in [0, 0.05) is 5.56 Å². The molecule has 2 aliphatic heterocycles. The number of esters is 3. The molecule has 0 bridgehead atoms. The van der Waals surface area contributed by atoms with Crippen LogP contribution in [-0.2, 0) is 38.0 Å². The average molecular weight is 1210 g/mol. The van der Waals surface area contributed by atoms with Crippen LogP contribution in [0.2, 0.25) is 0 Å². The third-order valence-electron chi connectivity index (χ3n) is 16.8. The fourth-order valence-corrected chi connectivity index (χ4v) is 11.6. The zero-order valence-corrected chi connectivity index (χ0v) is 53.5. The lowest BCUT2D eigenvalue weighted by molar-refractivity contribution is -0.360. The van der Waals surface area contributed by atoms with Gasteiger partial charge in [0.2, 0.25) is 5.91 Å². The summed E-state index contributed by atoms with van der Waals surface area (Å²) in [6.07, 6.45) is 39.3. The first kappa shape index (κ1) is 71.2. The lowest BCUT2D eigenvalue weighted by Gasteiger charge is -2.48. The molecule has 0 saturated carbocycles. The molecule has 482 valence electrons. The van der Waals surface area contributed by atoms with Crippen LogP contribution < -0.4 is 5.32 Å². The number of carbonyl (C=O) groups excluding carboxylic acids is 4. The summed E-state index contributed by atoms with van der Waals surface area (Å²) in [5, 5.41) is 3.12. The molecule has 1 unspecified atom stereocenters. The Kier molecular flexibility index (Phi) is 36.0. The van der Waals surface area contributed by atoms with E-state index in [2.05, 4.69) is 19.2 Å². The molecule has 12 heteroatoms. The molecular weight excluding hydrogens is 1100 g/mol. The molecule has 1 amide bonds. The Bertz CT molecular complexity index is 2520. The number of fused-ring (bicyclic) bond motifs is 1. The normalized spacial score (nSPS) is 19.0. The van der Waals surface area contributed by atoms with Crippen molar-refractivity contribution in [3.8, 4) is 0 Å². The molecule has 2 saturated heterocycles. The van der Waals surface area contributed by atoms with Crippen LogP contribution in [0.5, 0.6) is 0 Å². The van der Waals surface area contributed by atoms with Crippen molar-refractivity contribution >= 4 is 23.8 Å². The predicted octanol–water partition coefficient (Wildman–Crippen LogP) is 18.6. The summed E-state index contributed by atoms with van der Waals surface area (Å²) < 4.78 is 45.4. The first-order valence-electron chi connectivity index (χ1n) is 34.4. The average Bonchev–Trinajstić information content (AvgIpc) is 2.28. The summed E-state index contributed by atoms with van der Waals surface area (Å²) in [4.78, 5) is 56.5. The number of amides is 1. The summed E-state index contributed by atoms with van der Waals surface area (Å²) in [7, 11) is 0. The molecule has 0 spiro atoms. The summed E-state index contributed by atoms with van der Waals surface area (Å²) in [6, 6.07) is 34.2. The van der Waals surface area contributed by atoms with Crippen molar-refractivity contribution in [1.82, 2.24) is 5.32 Å². The molecule has 88 heavy (non-hydrogen) atoms. The van der Waals surface area contributed by atoms with Crippen molar-refractivity contribution in [3.63, 3.8) is 0 Å². The van der Waals surface area contributed by atoms with Crippen LogP contribution in [0.15, 0.2) is 146 Å². The maximum atomic E-state index is 14.2. The van der Waals surface area contributed by atoms with Crippen LogP contribution in [-0.4, -0.2) is 79.9 Å². The zero-order valence-electron chi connectivity index (χ0n) is 53.5. The Hall–Kier alpha value is -5.92. The molecule has 1 N–H and O–H groups in total. The van der Waals surface area contributed by atoms with Gasteiger partial charge in [-0.1, -0.05) is 291 Å². The number of unbranched alkanes of at least 4 members (excludes halogenated alkanes) is 30. The lowest BCUT2D eigenvalue weighted by atomic mass is 9.96. The smallest absolute Gasteiger partial charge is 0.338 e. The van der Waals surface area contributed by atoms with Gasteiger partial charge in [0.1, 0.15) is 18.3 Å². The van der Waals surface area contributed by atoms with Gasteiger partial charge >= 0.3 is 17.9 Å². The lowest BCUT2D eigenvalue weighted by Crippen LogP contribution is -2.64. The maximum absolute atomic E-state index is 14.2. The molecule has 12 nitrogen and oxygen atoms in total. The van der Waals surface area contributed by atoms with Gasteiger partial charge in [-0.15, -0.1) is 0 Å². The van der Waals surface area contributed by atoms with E-state index >= 15 is 0 Å². The highest BCUT2D eigenvalue weighted by molar-refractivity contribution is 5.91. The van der Waals surface area contributed by atoms with Crippen molar-refractivity contribution in [2.75, 3.05) is 13.2 Å². The molecule has 0 aliphatic carbocycles. The topological polar surface area (TPSA) is 145 Å². The molecule has 6 rings (SSSR count). The molecule has 2 fully saturated rings. The zero-order chi connectivity index (χ0) is 61.9. The Morgan fingerprint density at radius 2 is 0.875 bits per heavy atom. The van der Waals surface area contributed by atoms with Gasteiger partial charge in [0.15, 0.2) is 24.8 Å². The first-order valence-corrected chi connectivity index (χ1v) is 34.4. The molecule has 4 aromatic rings. The third kappa shape index (κ3) is 27.9. The van der Waals surface area contributed by atoms with Gasteiger partial charge in [0.05, 0.1) is 35.9 Å². The molecular formula is C76H107NO11. The van der Waals surface area contributed by atoms with E-state index in [0.717, 1.165) is 50.5 Å². The Morgan fingerprint density at radius 3 is 1.33 bits per heavy atom. The summed E-state index contributed by atoms with van der Waals surface area (Å²) in [5.74, 6) is -2.36. The van der Waals surface area contributed by atoms with Crippen molar-refractivity contribution in [3.05, 3.63) is 168 Å². The second-order valence-corrected chi connectivity index (χ2v) is 24.2. The van der Waals surface area contributed by atoms with E-state index in [1.807, 2.05) is 54.6 Å². The van der Waals surface area contributed by atoms with Gasteiger partial charge in [-0.3, -0.25) is 4.79 Å². The largest absolute Gasteiger partial charge is 0.452 e. The second kappa shape index (κ2) is 44.5. The van der Waals surface area contributed by atoms with Gasteiger partial charge < -0.3 is 38.5 Å². The van der Waals surface area contributed by atoms with E-state index in [1.54, 1.807) is 84.9 Å². The number of benzene rings is 4. The number of hydrogen-bond donors (Lipinski definition) is 1. The van der Waals surface area contributed by atoms with E-state index in [1.165, 1.54) is 167 Å². The molecule has 4 aromatic carbocycles. The van der Waals surface area contributed by atoms with Gasteiger partial charge in [-0.2, -0.15) is 0 Å². The van der Waals surface area contributed by atoms with Crippen molar-refractivity contribution < 1.29 is 52.3 Å². The monoisotopic (exact) mass is 1210 g/mol. The standard InChI is InChI=1S/C76H107NO11/c1-3-5-7-9-11-13-15-17-18-19-20-21-22-23-24-26-28-30-32-34-48-58-68(78)77-65(66(84-72(79)61-49-39-35-40-50-61)57-47-33-31-29-27-25-16-14-12-10-8-6-4-2)59-82-76-71(87-74(81)63-53-43-37-44-54-63)70(86-73(80)62-51-41-36-42-52-62)69-67(85-76)60-83-75(88-69)64-55-45-38-46-56-64/h35-58,65-67,69-71,75-76H,3-34,59-60H2,1-2H3,(H,77,78)/t65-,66+,67+,69-,70-,71+,75?,76-/m0/s1. The van der Waals surface area contributed by atoms with Crippen LogP contribution in [0.25, 0.3) is 0 Å². The van der Waals surface area contributed by atoms with E-state index in [4.69, 9.17) is 33.2 Å². The Balaban J connectivity index is 1.14. The van der Waals surface area contributed by atoms with Crippen LogP contribution >= 0.6 is 0 Å². The quantitative estimate of drug-likeness (QED) is 0.0148. The highest BCUT2D eigenvalue weighted by Gasteiger charge is 2.55. The summed E-state index contributed by atoms with van der Waals surface area (Å²) in [6.45, 7) is 4.25. The Morgan fingerprint density at radius 1 is 0.477 bits per heavy atom. The van der Waals surface area contributed by atoms with Crippen LogP contribution in [0, 0.1) is 0 Å². The number of hydrogen-bond acceptors (Lipinski definition) is 11. The van der Waals surface area contributed by atoms with Crippen LogP contribution in [0.3, 0.4) is 0 Å². The molecule has 8 atom stereocenters. The minimum Gasteiger partial charge on any atom is -0.452 e. The summed E-state index contributed by atoms with van der Waals surface area (Å²) >= 11 is 0. The van der Waals surface area contributed by atoms with Crippen molar-refractivity contribution in [2.24, 2.45) is 0 Å². The predicted molar refractivity (Wildman–Crippen MR) is 351 cm³/mol. The maximum Gasteiger partial charge on any atom is 0.338 e. The van der Waals surface area contributed by atoms with Crippen molar-refractivity contribution in [1.29, 1.82) is 0 Å². The van der Waals surface area contributed by atoms with Crippen LogP contribution in [0.4, 0.5) is 0 Å². The SMILES string of the molecule is CCCCCCCCCCCCCC=C[C@@H](OC(=O)c1ccccc1)[C@H](CO[C@H]1O[C@@H]2COC(c3ccccc3)O[C@@H]2[C@H](OC(=O)c2ccccc2)[C@H]1OC(=O)c1ccccc1)NC(=O)C=CCCCCCCCCCCCCCCCCCCCCC. The van der Waals surface area contributed by atoms with Gasteiger partial charge in [0.25, 0.3) is 0 Å². The number of ether oxygens (including phenoxy) is 7. The van der Waals surface area contributed by atoms with E-state index < -0.39 is 73.0 Å². The second-order valence-electron chi connectivity index (χ2n) is 24.2. The third-order valence-corrected chi connectivity index (χ3v) is 16.8. The van der Waals surface area contributed by atoms with E-state index in [9.17, 15) is 19.2 Å². The summed E-state index contributed by atoms with van der Waals surface area (Å²) in [5.41, 5.74) is 1.60.